The van der Waals surface area contributed by atoms with Crippen molar-refractivity contribution in [1.82, 2.24) is 0 Å². The molecule has 6 heteroatoms. The van der Waals surface area contributed by atoms with Gasteiger partial charge in [0.25, 0.3) is 0 Å². The molecule has 0 fully saturated rings. The second-order valence-electron chi connectivity index (χ2n) is 5.33. The molecule has 5 nitrogen and oxygen atoms in total. The minimum Gasteiger partial charge on any atom is -0.508 e. The van der Waals surface area contributed by atoms with Gasteiger partial charge in [-0.1, -0.05) is 18.1 Å². The van der Waals surface area contributed by atoms with Crippen LogP contribution in [0.2, 0.25) is 0 Å². The summed E-state index contributed by atoms with van der Waals surface area (Å²) in [5.41, 5.74) is 7.79. The number of halogens is 1. The molecule has 0 bridgehead atoms. The lowest BCUT2D eigenvalue weighted by molar-refractivity contribution is 0.367. The highest BCUT2D eigenvalue weighted by atomic mass is 79.9. The number of rotatable bonds is 3. The molecule has 0 radical (unpaired) electrons. The van der Waals surface area contributed by atoms with Gasteiger partial charge in [0.2, 0.25) is 5.88 Å². The molecule has 1 atom stereocenters. The van der Waals surface area contributed by atoms with E-state index in [-0.39, 0.29) is 18.2 Å². The number of hydrogen-bond acceptors (Lipinski definition) is 5. The van der Waals surface area contributed by atoms with Crippen LogP contribution in [0.5, 0.6) is 17.2 Å². The lowest BCUT2D eigenvalue weighted by atomic mass is 9.83. The van der Waals surface area contributed by atoms with Gasteiger partial charge in [-0.3, -0.25) is 0 Å². The second-order valence-corrected chi connectivity index (χ2v) is 6.18. The van der Waals surface area contributed by atoms with Gasteiger partial charge in [-0.05, 0) is 39.7 Å². The molecule has 2 aromatic carbocycles. The van der Waals surface area contributed by atoms with Crippen molar-refractivity contribution in [1.29, 1.82) is 5.26 Å². The molecule has 0 saturated carbocycles. The van der Waals surface area contributed by atoms with E-state index in [0.29, 0.717) is 21.5 Å². The third-order valence-corrected chi connectivity index (χ3v) is 4.42. The summed E-state index contributed by atoms with van der Waals surface area (Å²) in [5, 5.41) is 19.2. The number of aromatic hydroxyl groups is 1. The lowest BCUT2D eigenvalue weighted by Gasteiger charge is -2.26. The quantitative estimate of drug-likeness (QED) is 0.776. The van der Waals surface area contributed by atoms with Crippen molar-refractivity contribution in [3.63, 3.8) is 0 Å². The Kier molecular flexibility index (Phi) is 4.56. The number of phenols is 1. The van der Waals surface area contributed by atoms with E-state index in [9.17, 15) is 10.4 Å². The lowest BCUT2D eigenvalue weighted by Crippen LogP contribution is -2.21. The molecule has 3 N–H and O–H groups in total. The summed E-state index contributed by atoms with van der Waals surface area (Å²) in [6.45, 7) is 0.160. The van der Waals surface area contributed by atoms with Gasteiger partial charge in [-0.2, -0.15) is 5.26 Å². The molecule has 0 saturated heterocycles. The zero-order valence-electron chi connectivity index (χ0n) is 13.0. The fourth-order valence-electron chi connectivity index (χ4n) is 2.72. The first-order chi connectivity index (χ1) is 12.0. The summed E-state index contributed by atoms with van der Waals surface area (Å²) in [6, 6.07) is 12.3. The minimum atomic E-state index is -0.410. The summed E-state index contributed by atoms with van der Waals surface area (Å²) in [6.07, 6.45) is 5.21. The van der Waals surface area contributed by atoms with Crippen LogP contribution in [0.3, 0.4) is 0 Å². The molecule has 25 heavy (non-hydrogen) atoms. The maximum Gasteiger partial charge on any atom is 0.205 e. The molecule has 1 aliphatic heterocycles. The number of benzene rings is 2. The van der Waals surface area contributed by atoms with Crippen LogP contribution in [0.4, 0.5) is 0 Å². The number of phenolic OH excluding ortho intramolecular Hbond substituents is 1. The van der Waals surface area contributed by atoms with Gasteiger partial charge < -0.3 is 20.3 Å². The van der Waals surface area contributed by atoms with Gasteiger partial charge in [-0.25, -0.2) is 0 Å². The topological polar surface area (TPSA) is 88.5 Å². The third kappa shape index (κ3) is 3.13. The summed E-state index contributed by atoms with van der Waals surface area (Å²) >= 11 is 3.46. The Morgan fingerprint density at radius 1 is 1.32 bits per heavy atom. The monoisotopic (exact) mass is 396 g/mol. The van der Waals surface area contributed by atoms with Gasteiger partial charge in [0.15, 0.2) is 0 Å². The van der Waals surface area contributed by atoms with Crippen LogP contribution < -0.4 is 15.2 Å². The van der Waals surface area contributed by atoms with Gasteiger partial charge in [0.1, 0.15) is 35.5 Å². The van der Waals surface area contributed by atoms with Crippen molar-refractivity contribution >= 4 is 15.9 Å². The van der Waals surface area contributed by atoms with Crippen molar-refractivity contribution in [2.24, 2.45) is 5.73 Å². The van der Waals surface area contributed by atoms with Crippen molar-refractivity contribution in [2.45, 2.75) is 5.92 Å². The number of fused-ring (bicyclic) bond motifs is 1. The Hall–Kier alpha value is -3.09. The van der Waals surface area contributed by atoms with E-state index >= 15 is 0 Å². The zero-order chi connectivity index (χ0) is 18.0. The van der Waals surface area contributed by atoms with E-state index in [0.717, 1.165) is 11.1 Å². The van der Waals surface area contributed by atoms with Gasteiger partial charge >= 0.3 is 0 Å². The third-order valence-electron chi connectivity index (χ3n) is 3.80. The Morgan fingerprint density at radius 2 is 2.12 bits per heavy atom. The highest BCUT2D eigenvalue weighted by Gasteiger charge is 2.31. The predicted octanol–water partition coefficient (Wildman–Crippen LogP) is 3.38. The first-order valence-electron chi connectivity index (χ1n) is 7.31. The number of nitrogens with two attached hydrogens (primary N) is 1. The first-order valence-corrected chi connectivity index (χ1v) is 8.10. The highest BCUT2D eigenvalue weighted by molar-refractivity contribution is 9.10. The smallest absolute Gasteiger partial charge is 0.205 e. The maximum atomic E-state index is 9.68. The molecular formula is C19H13BrN2O3. The van der Waals surface area contributed by atoms with Crippen LogP contribution in [0.25, 0.3) is 0 Å². The van der Waals surface area contributed by atoms with Crippen LogP contribution in [-0.2, 0) is 0 Å². The largest absolute Gasteiger partial charge is 0.508 e. The maximum absolute atomic E-state index is 9.68. The molecule has 3 rings (SSSR count). The van der Waals surface area contributed by atoms with Crippen LogP contribution in [0.1, 0.15) is 17.0 Å². The van der Waals surface area contributed by atoms with Gasteiger partial charge in [0.05, 0.1) is 10.4 Å². The first kappa shape index (κ1) is 16.8. The van der Waals surface area contributed by atoms with E-state index in [1.807, 2.05) is 12.1 Å². The normalized spacial score (nSPS) is 15.6. The number of ether oxygens (including phenoxy) is 2. The van der Waals surface area contributed by atoms with Crippen LogP contribution in [-0.4, -0.2) is 11.7 Å². The standard InChI is InChI=1S/C19H13BrN2O3/c1-2-7-24-16-6-3-11(8-15(16)20)18-13-5-4-12(23)9-17(13)25-19(22)14(18)10-21/h1,3-6,8-9,18,23H,7,22H2/t18-/m0/s1. The average Bonchev–Trinajstić information content (AvgIpc) is 2.59. The van der Waals surface area contributed by atoms with Crippen LogP contribution in [0.15, 0.2) is 52.3 Å². The molecule has 124 valence electrons. The number of nitriles is 1. The Balaban J connectivity index is 2.10. The molecule has 1 heterocycles. The summed E-state index contributed by atoms with van der Waals surface area (Å²) < 4.78 is 11.6. The van der Waals surface area contributed by atoms with E-state index in [2.05, 4.69) is 27.9 Å². The van der Waals surface area contributed by atoms with Crippen molar-refractivity contribution in [2.75, 3.05) is 6.61 Å². The average molecular weight is 397 g/mol. The zero-order valence-corrected chi connectivity index (χ0v) is 14.6. The van der Waals surface area contributed by atoms with Crippen molar-refractivity contribution in [3.8, 4) is 35.7 Å². The molecule has 2 aromatic rings. The predicted molar refractivity (Wildman–Crippen MR) is 95.9 cm³/mol. The fraction of sp³-hybridized carbons (Fsp3) is 0.105. The van der Waals surface area contributed by atoms with Crippen LogP contribution in [0, 0.1) is 23.7 Å². The summed E-state index contributed by atoms with van der Waals surface area (Å²) in [4.78, 5) is 0. The molecule has 0 amide bonds. The molecule has 0 spiro atoms. The van der Waals surface area contributed by atoms with Crippen molar-refractivity contribution in [3.05, 3.63) is 63.5 Å². The number of nitrogens with zero attached hydrogens (tertiary/aromatic N) is 1. The SMILES string of the molecule is C#CCOc1ccc([C@@H]2C(C#N)=C(N)Oc3cc(O)ccc32)cc1Br. The Labute approximate surface area is 153 Å². The van der Waals surface area contributed by atoms with Gasteiger partial charge in [-0.15, -0.1) is 6.42 Å². The Morgan fingerprint density at radius 3 is 2.80 bits per heavy atom. The molecule has 0 aromatic heterocycles. The van der Waals surface area contributed by atoms with E-state index in [1.165, 1.54) is 6.07 Å². The second kappa shape index (κ2) is 6.80. The molecular weight excluding hydrogens is 384 g/mol. The fourth-order valence-corrected chi connectivity index (χ4v) is 3.23. The molecule has 1 aliphatic rings. The Bertz CT molecular complexity index is 954. The summed E-state index contributed by atoms with van der Waals surface area (Å²) in [5.74, 6) is 3.11. The minimum absolute atomic E-state index is 0.0226. The van der Waals surface area contributed by atoms with E-state index in [4.69, 9.17) is 21.6 Å². The number of hydrogen-bond donors (Lipinski definition) is 2. The van der Waals surface area contributed by atoms with Crippen molar-refractivity contribution < 1.29 is 14.6 Å². The van der Waals surface area contributed by atoms with E-state index in [1.54, 1.807) is 18.2 Å². The number of allylic oxidation sites excluding steroid dienone is 1. The molecule has 0 aliphatic carbocycles. The van der Waals surface area contributed by atoms with E-state index < -0.39 is 5.92 Å². The van der Waals surface area contributed by atoms with Gasteiger partial charge in [0, 0.05) is 11.6 Å². The number of terminal acetylenes is 1. The van der Waals surface area contributed by atoms with Crippen LogP contribution >= 0.6 is 15.9 Å². The highest BCUT2D eigenvalue weighted by Crippen LogP contribution is 2.44. The summed E-state index contributed by atoms with van der Waals surface area (Å²) in [7, 11) is 0. The molecule has 0 unspecified atom stereocenters.